The van der Waals surface area contributed by atoms with Crippen LogP contribution in [0.1, 0.15) is 42.6 Å². The lowest BCUT2D eigenvalue weighted by Crippen LogP contribution is -2.46. The molecule has 12 heteroatoms. The summed E-state index contributed by atoms with van der Waals surface area (Å²) in [6, 6.07) is 5.12. The number of amides is 2. The number of anilines is 2. The van der Waals surface area contributed by atoms with E-state index in [-0.39, 0.29) is 29.9 Å². The molecular formula is C22H28F3N5O4. The van der Waals surface area contributed by atoms with Crippen molar-refractivity contribution in [1.29, 1.82) is 0 Å². The minimum atomic E-state index is -3.52. The Morgan fingerprint density at radius 2 is 2.03 bits per heavy atom. The molecule has 1 aliphatic heterocycles. The monoisotopic (exact) mass is 483 g/mol. The fourth-order valence-electron chi connectivity index (χ4n) is 3.96. The van der Waals surface area contributed by atoms with Crippen LogP contribution in [0.4, 0.5) is 29.5 Å². The van der Waals surface area contributed by atoms with Crippen molar-refractivity contribution in [3.05, 3.63) is 41.8 Å². The highest BCUT2D eigenvalue weighted by Gasteiger charge is 2.36. The molecule has 0 radical (unpaired) electrons. The number of alkyl halides is 2. The molecule has 1 saturated heterocycles. The van der Waals surface area contributed by atoms with Gasteiger partial charge in [-0.05, 0) is 43.0 Å². The number of hydrogen-bond acceptors (Lipinski definition) is 6. The lowest BCUT2D eigenvalue weighted by Gasteiger charge is -2.38. The number of nitrogens with zero attached hydrogens (tertiary/aromatic N) is 3. The highest BCUT2D eigenvalue weighted by molar-refractivity contribution is 5.98. The van der Waals surface area contributed by atoms with E-state index in [0.717, 1.165) is 12.8 Å². The van der Waals surface area contributed by atoms with Crippen molar-refractivity contribution >= 4 is 23.5 Å². The second kappa shape index (κ2) is 10.8. The topological polar surface area (TPSA) is 123 Å². The molecule has 3 rings (SSSR count). The van der Waals surface area contributed by atoms with Gasteiger partial charge in [-0.1, -0.05) is 13.3 Å². The molecule has 1 aliphatic rings. The number of carbonyl (C=O) groups excluding carboxylic acids is 2. The van der Waals surface area contributed by atoms with E-state index < -0.39 is 37.0 Å². The van der Waals surface area contributed by atoms with Crippen LogP contribution in [0.2, 0.25) is 0 Å². The van der Waals surface area contributed by atoms with Crippen LogP contribution in [0.25, 0.3) is 0 Å². The largest absolute Gasteiger partial charge is 0.443 e. The number of benzene rings is 1. The molecule has 0 spiro atoms. The zero-order valence-electron chi connectivity index (χ0n) is 18.7. The van der Waals surface area contributed by atoms with Gasteiger partial charge in [0.1, 0.15) is 18.0 Å². The number of aliphatic hydroxyl groups excluding tert-OH is 1. The van der Waals surface area contributed by atoms with Gasteiger partial charge in [0.2, 0.25) is 0 Å². The Kier molecular flexibility index (Phi) is 8.02. The van der Waals surface area contributed by atoms with Gasteiger partial charge in [-0.3, -0.25) is 9.48 Å². The van der Waals surface area contributed by atoms with Gasteiger partial charge in [-0.15, -0.1) is 0 Å². The SMILES string of the molecule is CCC[C@@H]1CCN(C(=O)OCC(F)(F)CO)CC1n1cc(C(N)=O)c(Nc2ccc(F)cc2)n1. The number of piperidine rings is 1. The maximum atomic E-state index is 13.3. The van der Waals surface area contributed by atoms with Crippen molar-refractivity contribution in [3.8, 4) is 0 Å². The molecule has 2 heterocycles. The molecule has 0 bridgehead atoms. The van der Waals surface area contributed by atoms with Gasteiger partial charge in [0.05, 0.1) is 6.04 Å². The predicted octanol–water partition coefficient (Wildman–Crippen LogP) is 3.29. The average Bonchev–Trinajstić information content (AvgIpc) is 3.23. The number of hydrogen-bond donors (Lipinski definition) is 3. The Morgan fingerprint density at radius 3 is 2.65 bits per heavy atom. The molecule has 0 aliphatic carbocycles. The van der Waals surface area contributed by atoms with Gasteiger partial charge in [-0.25, -0.2) is 18.0 Å². The molecule has 34 heavy (non-hydrogen) atoms. The smallest absolute Gasteiger partial charge is 0.410 e. The molecule has 2 aromatic rings. The van der Waals surface area contributed by atoms with E-state index in [4.69, 9.17) is 15.6 Å². The number of nitrogens with one attached hydrogen (secondary N) is 1. The second-order valence-electron chi connectivity index (χ2n) is 8.29. The highest BCUT2D eigenvalue weighted by Crippen LogP contribution is 2.33. The molecule has 1 aromatic carbocycles. The normalized spacial score (nSPS) is 18.6. The maximum absolute atomic E-state index is 13.3. The van der Waals surface area contributed by atoms with E-state index in [1.54, 1.807) is 4.68 Å². The van der Waals surface area contributed by atoms with Crippen molar-refractivity contribution in [1.82, 2.24) is 14.7 Å². The third-order valence-corrected chi connectivity index (χ3v) is 5.72. The number of aliphatic hydroxyl groups is 1. The van der Waals surface area contributed by atoms with Gasteiger partial charge in [0.15, 0.2) is 12.4 Å². The third-order valence-electron chi connectivity index (χ3n) is 5.72. The quantitative estimate of drug-likeness (QED) is 0.503. The fourth-order valence-corrected chi connectivity index (χ4v) is 3.96. The van der Waals surface area contributed by atoms with E-state index in [1.165, 1.54) is 35.4 Å². The molecule has 1 aromatic heterocycles. The number of ether oxygens (including phenoxy) is 1. The molecule has 2 amide bonds. The first-order valence-corrected chi connectivity index (χ1v) is 11.0. The van der Waals surface area contributed by atoms with Crippen LogP contribution >= 0.6 is 0 Å². The van der Waals surface area contributed by atoms with Gasteiger partial charge >= 0.3 is 12.0 Å². The first-order chi connectivity index (χ1) is 16.1. The fraction of sp³-hybridized carbons (Fsp3) is 0.500. The first-order valence-electron chi connectivity index (χ1n) is 11.0. The van der Waals surface area contributed by atoms with Crippen LogP contribution in [0, 0.1) is 11.7 Å². The summed E-state index contributed by atoms with van der Waals surface area (Å²) < 4.78 is 46.0. The molecule has 4 N–H and O–H groups in total. The summed E-state index contributed by atoms with van der Waals surface area (Å²) in [5.74, 6) is -4.38. The van der Waals surface area contributed by atoms with Crippen molar-refractivity contribution in [2.45, 2.75) is 38.2 Å². The Hall–Kier alpha value is -3.28. The Morgan fingerprint density at radius 1 is 1.32 bits per heavy atom. The zero-order valence-corrected chi connectivity index (χ0v) is 18.7. The third kappa shape index (κ3) is 6.19. The van der Waals surface area contributed by atoms with Gasteiger partial charge < -0.3 is 25.8 Å². The van der Waals surface area contributed by atoms with Gasteiger partial charge in [0, 0.05) is 25.0 Å². The van der Waals surface area contributed by atoms with Gasteiger partial charge in [0.25, 0.3) is 5.91 Å². The summed E-state index contributed by atoms with van der Waals surface area (Å²) in [5.41, 5.74) is 6.14. The molecule has 1 fully saturated rings. The van der Waals surface area contributed by atoms with Crippen LogP contribution in [-0.4, -0.2) is 64.0 Å². The van der Waals surface area contributed by atoms with E-state index in [1.807, 2.05) is 6.92 Å². The number of halogens is 3. The zero-order chi connectivity index (χ0) is 24.9. The standard InChI is InChI=1S/C22H28F3N5O4/c1-2-3-14-8-9-29(21(33)34-13-22(24,25)12-31)11-18(14)30-10-17(19(26)32)20(28-30)27-16-6-4-15(23)5-7-16/h4-7,10,14,18,31H,2-3,8-9,11-13H2,1H3,(H2,26,32)(H,27,28)/t14-,18?/m1/s1. The Labute approximate surface area is 194 Å². The Bertz CT molecular complexity index is 999. The average molecular weight is 483 g/mol. The molecule has 0 saturated carbocycles. The summed E-state index contributed by atoms with van der Waals surface area (Å²) >= 11 is 0. The van der Waals surface area contributed by atoms with Crippen LogP contribution in [-0.2, 0) is 4.74 Å². The van der Waals surface area contributed by atoms with E-state index in [9.17, 15) is 22.8 Å². The number of aromatic nitrogens is 2. The van der Waals surface area contributed by atoms with Crippen molar-refractivity contribution in [3.63, 3.8) is 0 Å². The predicted molar refractivity (Wildman–Crippen MR) is 117 cm³/mol. The molecule has 9 nitrogen and oxygen atoms in total. The lowest BCUT2D eigenvalue weighted by atomic mass is 9.88. The number of nitrogens with two attached hydrogens (primary N) is 1. The van der Waals surface area contributed by atoms with E-state index >= 15 is 0 Å². The first kappa shape index (κ1) is 25.3. The van der Waals surface area contributed by atoms with Gasteiger partial charge in [-0.2, -0.15) is 5.10 Å². The minimum absolute atomic E-state index is 0.104. The summed E-state index contributed by atoms with van der Waals surface area (Å²) in [5, 5.41) is 16.1. The number of likely N-dealkylation sites (tertiary alicyclic amines) is 1. The molecule has 2 atom stereocenters. The second-order valence-corrected chi connectivity index (χ2v) is 8.29. The number of rotatable bonds is 9. The summed E-state index contributed by atoms with van der Waals surface area (Å²) in [4.78, 5) is 25.7. The summed E-state index contributed by atoms with van der Waals surface area (Å²) in [6.45, 7) is -0.177. The van der Waals surface area contributed by atoms with Crippen molar-refractivity contribution in [2.24, 2.45) is 11.7 Å². The molecule has 1 unspecified atom stereocenters. The summed E-state index contributed by atoms with van der Waals surface area (Å²) in [7, 11) is 0. The van der Waals surface area contributed by atoms with Crippen LogP contribution in [0.15, 0.2) is 30.5 Å². The van der Waals surface area contributed by atoms with Crippen molar-refractivity contribution in [2.75, 3.05) is 31.6 Å². The Balaban J connectivity index is 1.82. The highest BCUT2D eigenvalue weighted by atomic mass is 19.3. The van der Waals surface area contributed by atoms with E-state index in [2.05, 4.69) is 10.4 Å². The minimum Gasteiger partial charge on any atom is -0.443 e. The van der Waals surface area contributed by atoms with Crippen LogP contribution in [0.5, 0.6) is 0 Å². The van der Waals surface area contributed by atoms with E-state index in [0.29, 0.717) is 18.7 Å². The molecule has 186 valence electrons. The van der Waals surface area contributed by atoms with Crippen molar-refractivity contribution < 1.29 is 32.6 Å². The van der Waals surface area contributed by atoms with Crippen LogP contribution < -0.4 is 11.1 Å². The van der Waals surface area contributed by atoms with Crippen LogP contribution in [0.3, 0.4) is 0 Å². The maximum Gasteiger partial charge on any atom is 0.410 e. The lowest BCUT2D eigenvalue weighted by molar-refractivity contribution is -0.0945. The molecular weight excluding hydrogens is 455 g/mol. The number of primary amides is 1. The number of carbonyl (C=O) groups is 2. The summed E-state index contributed by atoms with van der Waals surface area (Å²) in [6.07, 6.45) is 2.84.